The Morgan fingerprint density at radius 3 is 2.00 bits per heavy atom. The summed E-state index contributed by atoms with van der Waals surface area (Å²) in [5.41, 5.74) is 9.12. The van der Waals surface area contributed by atoms with Gasteiger partial charge in [-0.15, -0.1) is 0 Å². The van der Waals surface area contributed by atoms with E-state index >= 15 is 0 Å². The number of para-hydroxylation sites is 1. The Kier molecular flexibility index (Phi) is 6.91. The third kappa shape index (κ3) is 5.29. The van der Waals surface area contributed by atoms with Crippen molar-refractivity contribution in [2.24, 2.45) is 11.8 Å². The molecule has 10 rings (SSSR count). The number of allylic oxidation sites excluding steroid dienone is 8. The SMILES string of the molecule is C1=CC2C=CC(c3nc(-c4ccc(-c5cc(-c6ccccc6)cc6oc7ccccc7c56)cc4)nc(-c4ccc5ccccc5c4)n3)=CC2C=C1. The third-order valence-electron chi connectivity index (χ3n) is 10.0. The fraction of sp³-hybridized carbons (Fsp3) is 0.0426. The fourth-order valence-corrected chi connectivity index (χ4v) is 7.40. The first-order valence-electron chi connectivity index (χ1n) is 17.4. The van der Waals surface area contributed by atoms with E-state index in [9.17, 15) is 0 Å². The molecule has 2 aliphatic rings. The van der Waals surface area contributed by atoms with E-state index in [0.717, 1.165) is 66.3 Å². The summed E-state index contributed by atoms with van der Waals surface area (Å²) in [6.45, 7) is 0. The van der Waals surface area contributed by atoms with Crippen LogP contribution in [0.3, 0.4) is 0 Å². The van der Waals surface area contributed by atoms with Gasteiger partial charge in [0.25, 0.3) is 0 Å². The van der Waals surface area contributed by atoms with Crippen LogP contribution in [0.15, 0.2) is 180 Å². The highest BCUT2D eigenvalue weighted by Gasteiger charge is 2.22. The molecule has 2 aliphatic carbocycles. The molecule has 240 valence electrons. The average molecular weight is 654 g/mol. The summed E-state index contributed by atoms with van der Waals surface area (Å²) in [4.78, 5) is 15.2. The van der Waals surface area contributed by atoms with Crippen LogP contribution in [-0.2, 0) is 0 Å². The second-order valence-electron chi connectivity index (χ2n) is 13.2. The zero-order valence-corrected chi connectivity index (χ0v) is 27.6. The standard InChI is InChI=1S/C47H31N3O/c1-2-10-30(11-3-1)39-28-41(44-40-16-8-9-17-42(40)51-43(44)29-39)33-20-22-34(23-21-33)45-48-46(37-24-18-31-12-4-6-14-35(31)26-37)50-47(49-45)38-25-19-32-13-5-7-15-36(32)27-38/h1-29,31,35H. The van der Waals surface area contributed by atoms with Gasteiger partial charge in [0.2, 0.25) is 0 Å². The molecule has 0 radical (unpaired) electrons. The van der Waals surface area contributed by atoms with Gasteiger partial charge in [0.1, 0.15) is 11.2 Å². The number of benzene rings is 6. The quantitative estimate of drug-likeness (QED) is 0.185. The van der Waals surface area contributed by atoms with Gasteiger partial charge in [-0.3, -0.25) is 0 Å². The van der Waals surface area contributed by atoms with E-state index in [1.54, 1.807) is 0 Å². The summed E-state index contributed by atoms with van der Waals surface area (Å²) in [5, 5.41) is 4.55. The number of aromatic nitrogens is 3. The first kappa shape index (κ1) is 29.3. The minimum Gasteiger partial charge on any atom is -0.456 e. The monoisotopic (exact) mass is 653 g/mol. The van der Waals surface area contributed by atoms with Crippen molar-refractivity contribution in [3.63, 3.8) is 0 Å². The van der Waals surface area contributed by atoms with E-state index in [2.05, 4.69) is 158 Å². The lowest BCUT2D eigenvalue weighted by atomic mass is 9.83. The van der Waals surface area contributed by atoms with Crippen LogP contribution in [0.25, 0.3) is 83.3 Å². The zero-order chi connectivity index (χ0) is 33.7. The molecule has 4 heteroatoms. The number of hydrogen-bond donors (Lipinski definition) is 0. The zero-order valence-electron chi connectivity index (χ0n) is 27.6. The molecule has 4 nitrogen and oxygen atoms in total. The predicted molar refractivity (Wildman–Crippen MR) is 209 cm³/mol. The normalized spacial score (nSPS) is 16.5. The molecular formula is C47H31N3O. The Morgan fingerprint density at radius 1 is 0.451 bits per heavy atom. The van der Waals surface area contributed by atoms with Crippen molar-refractivity contribution in [2.45, 2.75) is 0 Å². The van der Waals surface area contributed by atoms with Gasteiger partial charge in [-0.25, -0.2) is 15.0 Å². The number of furan rings is 1. The summed E-state index contributed by atoms with van der Waals surface area (Å²) in [6, 6.07) is 46.5. The van der Waals surface area contributed by atoms with E-state index < -0.39 is 0 Å². The lowest BCUT2D eigenvalue weighted by Gasteiger charge is -2.22. The highest BCUT2D eigenvalue weighted by molar-refractivity contribution is 6.13. The molecule has 0 saturated carbocycles. The van der Waals surface area contributed by atoms with Crippen LogP contribution in [0.4, 0.5) is 0 Å². The van der Waals surface area contributed by atoms with Crippen LogP contribution in [0, 0.1) is 11.8 Å². The van der Waals surface area contributed by atoms with Crippen LogP contribution in [-0.4, -0.2) is 15.0 Å². The van der Waals surface area contributed by atoms with Crippen molar-refractivity contribution >= 4 is 38.3 Å². The molecular weight excluding hydrogens is 623 g/mol. The Hall–Kier alpha value is -6.65. The van der Waals surface area contributed by atoms with Crippen LogP contribution in [0.5, 0.6) is 0 Å². The van der Waals surface area contributed by atoms with E-state index in [0.29, 0.717) is 23.4 Å². The largest absolute Gasteiger partial charge is 0.456 e. The molecule has 0 aliphatic heterocycles. The minimum atomic E-state index is 0.279. The molecule has 2 heterocycles. The third-order valence-corrected chi connectivity index (χ3v) is 10.0. The molecule has 51 heavy (non-hydrogen) atoms. The molecule has 2 atom stereocenters. The Morgan fingerprint density at radius 2 is 1.14 bits per heavy atom. The smallest absolute Gasteiger partial charge is 0.164 e. The first-order valence-corrected chi connectivity index (χ1v) is 17.4. The summed E-state index contributed by atoms with van der Waals surface area (Å²) in [5.74, 6) is 2.60. The second-order valence-corrected chi connectivity index (χ2v) is 13.2. The van der Waals surface area contributed by atoms with E-state index in [1.165, 1.54) is 5.39 Å². The number of nitrogens with zero attached hydrogens (tertiary/aromatic N) is 3. The highest BCUT2D eigenvalue weighted by Crippen LogP contribution is 2.40. The van der Waals surface area contributed by atoms with Crippen LogP contribution in [0.1, 0.15) is 5.82 Å². The Bertz CT molecular complexity index is 2750. The van der Waals surface area contributed by atoms with Gasteiger partial charge in [-0.2, -0.15) is 0 Å². The van der Waals surface area contributed by atoms with E-state index in [1.807, 2.05) is 18.2 Å². The lowest BCUT2D eigenvalue weighted by molar-refractivity contribution is 0.662. The first-order chi connectivity index (χ1) is 25.2. The van der Waals surface area contributed by atoms with Gasteiger partial charge in [0.05, 0.1) is 0 Å². The summed E-state index contributed by atoms with van der Waals surface area (Å²) < 4.78 is 6.41. The van der Waals surface area contributed by atoms with Crippen LogP contribution >= 0.6 is 0 Å². The molecule has 0 N–H and O–H groups in total. The Labute approximate surface area is 295 Å². The molecule has 2 unspecified atom stereocenters. The van der Waals surface area contributed by atoms with Gasteiger partial charge in [0.15, 0.2) is 17.5 Å². The number of hydrogen-bond acceptors (Lipinski definition) is 4. The van der Waals surface area contributed by atoms with Gasteiger partial charge in [-0.05, 0) is 57.3 Å². The summed E-state index contributed by atoms with van der Waals surface area (Å²) >= 11 is 0. The van der Waals surface area contributed by atoms with E-state index in [4.69, 9.17) is 19.4 Å². The van der Waals surface area contributed by atoms with Crippen molar-refractivity contribution in [3.8, 4) is 45.0 Å². The maximum absolute atomic E-state index is 6.41. The maximum Gasteiger partial charge on any atom is 0.164 e. The number of fused-ring (bicyclic) bond motifs is 5. The van der Waals surface area contributed by atoms with Crippen LogP contribution in [0.2, 0.25) is 0 Å². The molecule has 8 aromatic rings. The van der Waals surface area contributed by atoms with Crippen molar-refractivity contribution in [3.05, 3.63) is 182 Å². The second kappa shape index (κ2) is 12.0. The van der Waals surface area contributed by atoms with Crippen molar-refractivity contribution in [1.82, 2.24) is 15.0 Å². The molecule has 0 bridgehead atoms. The molecule has 0 spiro atoms. The van der Waals surface area contributed by atoms with Gasteiger partial charge in [-0.1, -0.05) is 152 Å². The fourth-order valence-electron chi connectivity index (χ4n) is 7.40. The number of rotatable bonds is 5. The summed E-state index contributed by atoms with van der Waals surface area (Å²) in [7, 11) is 0. The summed E-state index contributed by atoms with van der Waals surface area (Å²) in [6.07, 6.45) is 15.4. The minimum absolute atomic E-state index is 0.279. The van der Waals surface area contributed by atoms with Gasteiger partial charge in [0, 0.05) is 39.3 Å². The van der Waals surface area contributed by atoms with Gasteiger partial charge >= 0.3 is 0 Å². The predicted octanol–water partition coefficient (Wildman–Crippen LogP) is 11.9. The van der Waals surface area contributed by atoms with Crippen molar-refractivity contribution in [2.75, 3.05) is 0 Å². The Balaban J connectivity index is 1.11. The van der Waals surface area contributed by atoms with Crippen molar-refractivity contribution in [1.29, 1.82) is 0 Å². The highest BCUT2D eigenvalue weighted by atomic mass is 16.3. The van der Waals surface area contributed by atoms with Gasteiger partial charge < -0.3 is 4.42 Å². The van der Waals surface area contributed by atoms with E-state index in [-0.39, 0.29) is 5.92 Å². The van der Waals surface area contributed by atoms with Crippen LogP contribution < -0.4 is 0 Å². The van der Waals surface area contributed by atoms with Crippen molar-refractivity contribution < 1.29 is 4.42 Å². The lowest BCUT2D eigenvalue weighted by Crippen LogP contribution is -2.12. The molecule has 0 saturated heterocycles. The maximum atomic E-state index is 6.41. The molecule has 2 aromatic heterocycles. The topological polar surface area (TPSA) is 51.8 Å². The molecule has 6 aromatic carbocycles. The molecule has 0 fully saturated rings. The molecule has 0 amide bonds. The average Bonchev–Trinajstić information content (AvgIpc) is 3.59.